The summed E-state index contributed by atoms with van der Waals surface area (Å²) in [6.45, 7) is 4.56. The van der Waals surface area contributed by atoms with E-state index in [9.17, 15) is 19.5 Å². The molecule has 0 N–H and O–H groups in total. The first-order chi connectivity index (χ1) is 32.6. The summed E-state index contributed by atoms with van der Waals surface area (Å²) in [7, 11) is 5.89. The number of hydrogen-bond donors (Lipinski definition) is 0. The Balaban J connectivity index is 4.28. The Hall–Kier alpha value is -3.53. The van der Waals surface area contributed by atoms with Crippen molar-refractivity contribution in [2.75, 3.05) is 47.5 Å². The number of allylic oxidation sites excluding steroid dienone is 14. The number of nitrogens with zero attached hydrogens (tertiary/aromatic N) is 1. The van der Waals surface area contributed by atoms with Crippen LogP contribution in [0.2, 0.25) is 0 Å². The molecule has 0 aliphatic rings. The van der Waals surface area contributed by atoms with Gasteiger partial charge in [0.05, 0.1) is 40.3 Å². The number of carbonyl (C=O) groups excluding carboxylic acids is 3. The van der Waals surface area contributed by atoms with Crippen molar-refractivity contribution >= 4 is 17.9 Å². The minimum atomic E-state index is -1.64. The fourth-order valence-electron chi connectivity index (χ4n) is 7.00. The third-order valence-corrected chi connectivity index (χ3v) is 11.1. The SMILES string of the molecule is CC/C=C\C/C=C\C/C=C\C/C=C\CCCCC(=O)OC(COC(=O)CCCCCCCCCCCCCC/C=C\C/C=C\C/C=C\CCCCCCC)COC(OCC[N+](C)(C)C)C(=O)[O-]. The van der Waals surface area contributed by atoms with Crippen LogP contribution in [0.25, 0.3) is 0 Å². The van der Waals surface area contributed by atoms with Crippen LogP contribution in [0.4, 0.5) is 0 Å². The van der Waals surface area contributed by atoms with Gasteiger partial charge in [-0.25, -0.2) is 0 Å². The molecule has 0 aromatic rings. The van der Waals surface area contributed by atoms with Crippen LogP contribution in [0, 0.1) is 0 Å². The number of likely N-dealkylation sites (N-methyl/N-ethyl adjacent to an activating group) is 1. The molecule has 0 amide bonds. The van der Waals surface area contributed by atoms with Gasteiger partial charge in [-0.3, -0.25) is 9.59 Å². The van der Waals surface area contributed by atoms with Crippen LogP contribution in [-0.4, -0.2) is 82.3 Å². The molecule has 9 nitrogen and oxygen atoms in total. The highest BCUT2D eigenvalue weighted by Crippen LogP contribution is 2.14. The average molecular weight is 938 g/mol. The molecule has 67 heavy (non-hydrogen) atoms. The molecule has 0 aliphatic heterocycles. The number of carboxylic acids is 1. The fraction of sp³-hybridized carbons (Fsp3) is 0.707. The van der Waals surface area contributed by atoms with E-state index < -0.39 is 24.3 Å². The molecule has 0 rings (SSSR count). The molecule has 384 valence electrons. The summed E-state index contributed by atoms with van der Waals surface area (Å²) in [5.41, 5.74) is 0. The first-order valence-corrected chi connectivity index (χ1v) is 26.7. The Morgan fingerprint density at radius 1 is 0.463 bits per heavy atom. The number of ether oxygens (including phenoxy) is 4. The van der Waals surface area contributed by atoms with Gasteiger partial charge >= 0.3 is 11.9 Å². The largest absolute Gasteiger partial charge is 0.545 e. The van der Waals surface area contributed by atoms with Crippen molar-refractivity contribution < 1.29 is 42.9 Å². The molecule has 0 aromatic carbocycles. The first-order valence-electron chi connectivity index (χ1n) is 26.7. The number of carboxylic acid groups (broad SMARTS) is 1. The van der Waals surface area contributed by atoms with E-state index in [1.54, 1.807) is 0 Å². The summed E-state index contributed by atoms with van der Waals surface area (Å²) in [5, 5.41) is 11.7. The molecule has 0 spiro atoms. The van der Waals surface area contributed by atoms with Gasteiger partial charge < -0.3 is 33.3 Å². The van der Waals surface area contributed by atoms with Crippen molar-refractivity contribution in [2.45, 2.75) is 219 Å². The maximum absolute atomic E-state index is 12.8. The zero-order valence-electron chi connectivity index (χ0n) is 43.5. The van der Waals surface area contributed by atoms with Gasteiger partial charge in [0.1, 0.15) is 13.2 Å². The number of esters is 2. The van der Waals surface area contributed by atoms with Crippen molar-refractivity contribution in [3.63, 3.8) is 0 Å². The smallest absolute Gasteiger partial charge is 0.306 e. The van der Waals surface area contributed by atoms with Crippen LogP contribution in [-0.2, 0) is 33.3 Å². The van der Waals surface area contributed by atoms with Gasteiger partial charge in [0.25, 0.3) is 0 Å². The van der Waals surface area contributed by atoms with Crippen molar-refractivity contribution in [1.82, 2.24) is 0 Å². The molecule has 0 bridgehead atoms. The van der Waals surface area contributed by atoms with E-state index in [0.717, 1.165) is 70.6 Å². The monoisotopic (exact) mass is 938 g/mol. The number of hydrogen-bond acceptors (Lipinski definition) is 8. The van der Waals surface area contributed by atoms with Crippen molar-refractivity contribution in [1.29, 1.82) is 0 Å². The second-order valence-electron chi connectivity index (χ2n) is 18.8. The van der Waals surface area contributed by atoms with E-state index in [1.807, 2.05) is 21.1 Å². The van der Waals surface area contributed by atoms with Crippen molar-refractivity contribution in [3.8, 4) is 0 Å². The highest BCUT2D eigenvalue weighted by Gasteiger charge is 2.21. The molecule has 2 atom stereocenters. The van der Waals surface area contributed by atoms with Crippen LogP contribution >= 0.6 is 0 Å². The number of rotatable bonds is 48. The minimum absolute atomic E-state index is 0.135. The van der Waals surface area contributed by atoms with Crippen LogP contribution in [0.1, 0.15) is 206 Å². The predicted octanol–water partition coefficient (Wildman–Crippen LogP) is 13.9. The molecule has 0 aliphatic carbocycles. The predicted molar refractivity (Wildman–Crippen MR) is 278 cm³/mol. The third kappa shape index (κ3) is 50.2. The molecular formula is C58H99NO8. The lowest BCUT2D eigenvalue weighted by atomic mass is 10.0. The second kappa shape index (κ2) is 48.9. The normalized spacial score (nSPS) is 13.5. The highest BCUT2D eigenvalue weighted by molar-refractivity contribution is 5.70. The van der Waals surface area contributed by atoms with Gasteiger partial charge in [0.15, 0.2) is 12.4 Å². The van der Waals surface area contributed by atoms with E-state index in [1.165, 1.54) is 103 Å². The maximum Gasteiger partial charge on any atom is 0.306 e. The van der Waals surface area contributed by atoms with Gasteiger partial charge in [0.2, 0.25) is 0 Å². The third-order valence-electron chi connectivity index (χ3n) is 11.1. The summed E-state index contributed by atoms with van der Waals surface area (Å²) in [5.74, 6) is -2.35. The summed E-state index contributed by atoms with van der Waals surface area (Å²) in [6.07, 6.45) is 60.6. The van der Waals surface area contributed by atoms with E-state index in [4.69, 9.17) is 18.9 Å². The molecule has 0 heterocycles. The number of unbranched alkanes of at least 4 members (excludes halogenated alkanes) is 19. The van der Waals surface area contributed by atoms with Crippen molar-refractivity contribution in [3.05, 3.63) is 85.1 Å². The van der Waals surface area contributed by atoms with Crippen LogP contribution in [0.5, 0.6) is 0 Å². The average Bonchev–Trinajstić information content (AvgIpc) is 3.29. The molecule has 0 saturated carbocycles. The summed E-state index contributed by atoms with van der Waals surface area (Å²) in [4.78, 5) is 37.1. The van der Waals surface area contributed by atoms with Gasteiger partial charge in [-0.15, -0.1) is 0 Å². The van der Waals surface area contributed by atoms with E-state index in [2.05, 4.69) is 98.9 Å². The lowest BCUT2D eigenvalue weighted by molar-refractivity contribution is -0.870. The molecule has 9 heteroatoms. The molecule has 0 saturated heterocycles. The Bertz CT molecular complexity index is 1370. The molecule has 2 unspecified atom stereocenters. The Kier molecular flexibility index (Phi) is 46.3. The zero-order chi connectivity index (χ0) is 49.2. The number of aliphatic carboxylic acids is 1. The lowest BCUT2D eigenvalue weighted by Gasteiger charge is -2.26. The summed E-state index contributed by atoms with van der Waals surface area (Å²) in [6, 6.07) is 0. The Labute approximate surface area is 410 Å². The molecule has 0 aromatic heterocycles. The lowest BCUT2D eigenvalue weighted by Crippen LogP contribution is -2.44. The van der Waals surface area contributed by atoms with Crippen LogP contribution in [0.15, 0.2) is 85.1 Å². The fourth-order valence-corrected chi connectivity index (χ4v) is 7.00. The Morgan fingerprint density at radius 3 is 1.30 bits per heavy atom. The quantitative estimate of drug-likeness (QED) is 0.0195. The molecule has 0 radical (unpaired) electrons. The number of carbonyl (C=O) groups is 3. The maximum atomic E-state index is 12.8. The van der Waals surface area contributed by atoms with Gasteiger partial charge in [-0.2, -0.15) is 0 Å². The summed E-state index contributed by atoms with van der Waals surface area (Å²) < 4.78 is 22.6. The van der Waals surface area contributed by atoms with Crippen molar-refractivity contribution in [2.24, 2.45) is 0 Å². The van der Waals surface area contributed by atoms with Gasteiger partial charge in [-0.1, -0.05) is 189 Å². The van der Waals surface area contributed by atoms with E-state index in [-0.39, 0.29) is 38.6 Å². The standard InChI is InChI=1S/C58H99NO8/c1-6-8-10-12-14-16-18-20-22-23-24-25-26-27-28-29-30-31-32-33-35-36-38-40-42-44-46-48-55(60)65-52-54(53-66-58(57(62)63)64-51-50-59(3,4)5)67-56(61)49-47-45-43-41-39-37-34-21-19-17-15-13-11-9-7-2/h9,11,15,17-18,20-21,23-24,26-27,34,39,41,54,58H,6-8,10,12-14,16,19,22,25,28-33,35-38,40,42-53H2,1-5H3/b11-9-,17-15-,20-18-,24-23-,27-26-,34-21-,41-39-. The van der Waals surface area contributed by atoms with E-state index in [0.29, 0.717) is 17.4 Å². The van der Waals surface area contributed by atoms with E-state index >= 15 is 0 Å². The second-order valence-corrected chi connectivity index (χ2v) is 18.8. The zero-order valence-corrected chi connectivity index (χ0v) is 43.5. The van der Waals surface area contributed by atoms with Crippen LogP contribution in [0.3, 0.4) is 0 Å². The topological polar surface area (TPSA) is 111 Å². The highest BCUT2D eigenvalue weighted by atomic mass is 16.7. The first kappa shape index (κ1) is 63.5. The van der Waals surface area contributed by atoms with Gasteiger partial charge in [0, 0.05) is 12.8 Å². The minimum Gasteiger partial charge on any atom is -0.545 e. The molecular weight excluding hydrogens is 839 g/mol. The number of quaternary nitrogens is 1. The Morgan fingerprint density at radius 2 is 0.851 bits per heavy atom. The van der Waals surface area contributed by atoms with Gasteiger partial charge in [-0.05, 0) is 89.9 Å². The van der Waals surface area contributed by atoms with Crippen LogP contribution < -0.4 is 5.11 Å². The summed E-state index contributed by atoms with van der Waals surface area (Å²) >= 11 is 0. The molecule has 0 fully saturated rings.